The predicted molar refractivity (Wildman–Crippen MR) is 123 cm³/mol. The van der Waals surface area contributed by atoms with Crippen LogP contribution in [-0.2, 0) is 4.74 Å². The number of amides is 2. The minimum absolute atomic E-state index is 0.189. The summed E-state index contributed by atoms with van der Waals surface area (Å²) in [5.74, 6) is 0.350. The molecule has 1 N–H and O–H groups in total. The Labute approximate surface area is 194 Å². The van der Waals surface area contributed by atoms with Gasteiger partial charge in [-0.3, -0.25) is 14.5 Å². The van der Waals surface area contributed by atoms with Crippen molar-refractivity contribution in [2.45, 2.75) is 0 Å². The van der Waals surface area contributed by atoms with Gasteiger partial charge in [0.15, 0.2) is 5.65 Å². The number of fused-ring (bicyclic) bond motifs is 1. The molecule has 2 amide bonds. The molecule has 0 aliphatic heterocycles. The van der Waals surface area contributed by atoms with Crippen LogP contribution in [0.3, 0.4) is 0 Å². The van der Waals surface area contributed by atoms with Crippen molar-refractivity contribution >= 4 is 29.2 Å². The van der Waals surface area contributed by atoms with Crippen LogP contribution in [0.25, 0.3) is 16.9 Å². The van der Waals surface area contributed by atoms with Crippen LogP contribution in [0, 0.1) is 11.3 Å². The van der Waals surface area contributed by atoms with Gasteiger partial charge in [-0.25, -0.2) is 19.7 Å². The fourth-order valence-electron chi connectivity index (χ4n) is 3.26. The first-order valence-electron chi connectivity index (χ1n) is 9.96. The third kappa shape index (κ3) is 4.20. The minimum atomic E-state index is -0.617. The van der Waals surface area contributed by atoms with E-state index in [1.54, 1.807) is 60.4 Å². The first-order valence-corrected chi connectivity index (χ1v) is 9.96. The summed E-state index contributed by atoms with van der Waals surface area (Å²) in [6.45, 7) is 0. The quantitative estimate of drug-likeness (QED) is 0.483. The van der Waals surface area contributed by atoms with E-state index in [4.69, 9.17) is 4.74 Å². The lowest BCUT2D eigenvalue weighted by molar-refractivity contribution is 0.0987. The van der Waals surface area contributed by atoms with Crippen LogP contribution in [0.2, 0.25) is 0 Å². The van der Waals surface area contributed by atoms with Crippen LogP contribution in [0.5, 0.6) is 5.75 Å². The van der Waals surface area contributed by atoms with E-state index in [1.807, 2.05) is 6.07 Å². The highest BCUT2D eigenvalue weighted by Crippen LogP contribution is 2.26. The molecule has 0 aliphatic rings. The number of aromatic nitrogens is 4. The number of nitrogens with zero attached hydrogens (tertiary/aromatic N) is 6. The monoisotopic (exact) mass is 457 g/mol. The Balaban J connectivity index is 1.64. The van der Waals surface area contributed by atoms with Crippen molar-refractivity contribution < 1.29 is 19.1 Å². The van der Waals surface area contributed by atoms with Gasteiger partial charge in [-0.1, -0.05) is 0 Å². The molecule has 0 saturated carbocycles. The molecule has 0 aliphatic carbocycles. The lowest BCUT2D eigenvalue weighted by atomic mass is 10.2. The molecule has 0 spiro atoms. The maximum atomic E-state index is 13.1. The molecule has 0 saturated heterocycles. The number of imidazole rings is 1. The zero-order chi connectivity index (χ0) is 24.2. The van der Waals surface area contributed by atoms with E-state index in [-0.39, 0.29) is 11.6 Å². The van der Waals surface area contributed by atoms with E-state index in [0.717, 1.165) is 5.56 Å². The van der Waals surface area contributed by atoms with Crippen molar-refractivity contribution in [1.82, 2.24) is 19.4 Å². The van der Waals surface area contributed by atoms with Gasteiger partial charge in [-0.2, -0.15) is 5.26 Å². The van der Waals surface area contributed by atoms with Gasteiger partial charge in [0.05, 0.1) is 37.9 Å². The Morgan fingerprint density at radius 1 is 1.09 bits per heavy atom. The summed E-state index contributed by atoms with van der Waals surface area (Å²) in [4.78, 5) is 38.7. The summed E-state index contributed by atoms with van der Waals surface area (Å²) >= 11 is 0. The molecule has 1 aromatic carbocycles. The standard InChI is InChI=1S/C23H19N7O4/c1-29(16-6-4-14(9-24)19(8-16)33-2)22(31)17-13-30-18(11-27-21(30)12-25-17)15-5-7-20(26-10-15)28-23(32)34-3/h4-8,10-13H,1-3H3,(H,26,28,32). The van der Waals surface area contributed by atoms with Crippen LogP contribution < -0.4 is 15.0 Å². The molecule has 11 heteroatoms. The third-order valence-corrected chi connectivity index (χ3v) is 5.09. The summed E-state index contributed by atoms with van der Waals surface area (Å²) in [6, 6.07) is 10.3. The molecule has 34 heavy (non-hydrogen) atoms. The van der Waals surface area contributed by atoms with Crippen LogP contribution in [-0.4, -0.2) is 52.6 Å². The van der Waals surface area contributed by atoms with E-state index >= 15 is 0 Å². The molecule has 11 nitrogen and oxygen atoms in total. The zero-order valence-electron chi connectivity index (χ0n) is 18.5. The van der Waals surface area contributed by atoms with Crippen LogP contribution in [0.4, 0.5) is 16.3 Å². The van der Waals surface area contributed by atoms with E-state index in [0.29, 0.717) is 34.2 Å². The highest BCUT2D eigenvalue weighted by atomic mass is 16.5. The Kier molecular flexibility index (Phi) is 6.05. The van der Waals surface area contributed by atoms with Crippen molar-refractivity contribution in [1.29, 1.82) is 5.26 Å². The average Bonchev–Trinajstić information content (AvgIpc) is 3.31. The van der Waals surface area contributed by atoms with E-state index < -0.39 is 6.09 Å². The van der Waals surface area contributed by atoms with Crippen molar-refractivity contribution in [3.05, 3.63) is 66.4 Å². The minimum Gasteiger partial charge on any atom is -0.495 e. The van der Waals surface area contributed by atoms with E-state index in [1.165, 1.54) is 25.3 Å². The van der Waals surface area contributed by atoms with Crippen molar-refractivity contribution in [2.24, 2.45) is 0 Å². The Morgan fingerprint density at radius 2 is 1.91 bits per heavy atom. The second-order valence-electron chi connectivity index (χ2n) is 7.05. The number of hydrogen-bond acceptors (Lipinski definition) is 8. The zero-order valence-corrected chi connectivity index (χ0v) is 18.5. The van der Waals surface area contributed by atoms with E-state index in [2.05, 4.69) is 25.0 Å². The molecular weight excluding hydrogens is 438 g/mol. The van der Waals surface area contributed by atoms with Crippen LogP contribution in [0.1, 0.15) is 16.1 Å². The summed E-state index contributed by atoms with van der Waals surface area (Å²) in [7, 11) is 4.34. The number of ether oxygens (including phenoxy) is 2. The fraction of sp³-hybridized carbons (Fsp3) is 0.130. The molecule has 0 fully saturated rings. The number of pyridine rings is 1. The molecular formula is C23H19N7O4. The first kappa shape index (κ1) is 22.2. The number of nitrogens with one attached hydrogen (secondary N) is 1. The molecule has 0 unspecified atom stereocenters. The van der Waals surface area contributed by atoms with Crippen molar-refractivity contribution in [3.63, 3.8) is 0 Å². The number of carbonyl (C=O) groups is 2. The summed E-state index contributed by atoms with van der Waals surface area (Å²) in [6.07, 6.45) is 5.70. The van der Waals surface area contributed by atoms with Gasteiger partial charge in [0.2, 0.25) is 0 Å². The van der Waals surface area contributed by atoms with E-state index in [9.17, 15) is 14.9 Å². The number of rotatable bonds is 5. The van der Waals surface area contributed by atoms with Gasteiger partial charge < -0.3 is 14.4 Å². The van der Waals surface area contributed by atoms with Gasteiger partial charge in [0, 0.05) is 36.8 Å². The highest BCUT2D eigenvalue weighted by Gasteiger charge is 2.18. The topological polar surface area (TPSA) is 135 Å². The van der Waals surface area contributed by atoms with Crippen LogP contribution >= 0.6 is 0 Å². The van der Waals surface area contributed by atoms with Crippen molar-refractivity contribution in [2.75, 3.05) is 31.5 Å². The SMILES string of the molecule is COC(=O)Nc1ccc(-c2cnc3cnc(C(=O)N(C)c4ccc(C#N)c(OC)c4)cn23)cn1. The van der Waals surface area contributed by atoms with Crippen LogP contribution in [0.15, 0.2) is 55.1 Å². The summed E-state index contributed by atoms with van der Waals surface area (Å²) < 4.78 is 11.5. The smallest absolute Gasteiger partial charge is 0.412 e. The van der Waals surface area contributed by atoms with Gasteiger partial charge >= 0.3 is 6.09 Å². The number of nitriles is 1. The van der Waals surface area contributed by atoms with Crippen molar-refractivity contribution in [3.8, 4) is 23.1 Å². The number of methoxy groups -OCH3 is 2. The third-order valence-electron chi connectivity index (χ3n) is 5.09. The Hall–Kier alpha value is -4.98. The number of hydrogen-bond donors (Lipinski definition) is 1. The molecule has 0 bridgehead atoms. The molecule has 170 valence electrons. The van der Waals surface area contributed by atoms with Gasteiger partial charge in [0.1, 0.15) is 23.3 Å². The number of anilines is 2. The molecule has 4 aromatic rings. The van der Waals surface area contributed by atoms with Gasteiger partial charge in [-0.15, -0.1) is 0 Å². The number of benzene rings is 1. The highest BCUT2D eigenvalue weighted by molar-refractivity contribution is 6.04. The second-order valence-corrected chi connectivity index (χ2v) is 7.05. The average molecular weight is 457 g/mol. The molecule has 4 rings (SSSR count). The first-order chi connectivity index (χ1) is 16.4. The maximum Gasteiger partial charge on any atom is 0.412 e. The lowest BCUT2D eigenvalue weighted by Crippen LogP contribution is -2.27. The molecule has 3 heterocycles. The lowest BCUT2D eigenvalue weighted by Gasteiger charge is -2.18. The predicted octanol–water partition coefficient (Wildman–Crippen LogP) is 3.13. The maximum absolute atomic E-state index is 13.1. The summed E-state index contributed by atoms with van der Waals surface area (Å²) in [5, 5.41) is 11.7. The molecule has 0 atom stereocenters. The summed E-state index contributed by atoms with van der Waals surface area (Å²) in [5.41, 5.74) is 3.06. The molecule has 0 radical (unpaired) electrons. The Bertz CT molecular complexity index is 1420. The van der Waals surface area contributed by atoms with Gasteiger partial charge in [0.25, 0.3) is 5.91 Å². The van der Waals surface area contributed by atoms with Gasteiger partial charge in [-0.05, 0) is 24.3 Å². The second kappa shape index (κ2) is 9.25. The fourth-order valence-corrected chi connectivity index (χ4v) is 3.26. The largest absolute Gasteiger partial charge is 0.495 e. The molecule has 3 aromatic heterocycles. The number of carbonyl (C=O) groups excluding carboxylic acids is 2. The Morgan fingerprint density at radius 3 is 2.59 bits per heavy atom. The normalized spacial score (nSPS) is 10.4.